The SMILES string of the molecule is CCCCC1NC(C2CCCC2)N(C2CC2)C1=O. The fourth-order valence-electron chi connectivity index (χ4n) is 3.69. The Hall–Kier alpha value is -0.570. The molecule has 0 aromatic rings. The number of carbonyl (C=O) groups is 1. The van der Waals surface area contributed by atoms with E-state index in [1.165, 1.54) is 51.4 Å². The molecule has 3 heteroatoms. The molecule has 1 N–H and O–H groups in total. The van der Waals surface area contributed by atoms with E-state index in [0.717, 1.165) is 12.3 Å². The summed E-state index contributed by atoms with van der Waals surface area (Å²) in [6.45, 7) is 2.20. The Morgan fingerprint density at radius 3 is 2.56 bits per heavy atom. The summed E-state index contributed by atoms with van der Waals surface area (Å²) in [5.41, 5.74) is 0. The molecule has 102 valence electrons. The number of nitrogens with zero attached hydrogens (tertiary/aromatic N) is 1. The second-order valence-corrected chi connectivity index (χ2v) is 6.33. The quantitative estimate of drug-likeness (QED) is 0.813. The molecule has 3 nitrogen and oxygen atoms in total. The third kappa shape index (κ3) is 2.29. The Morgan fingerprint density at radius 1 is 1.22 bits per heavy atom. The second-order valence-electron chi connectivity index (χ2n) is 6.33. The average Bonchev–Trinajstić information content (AvgIpc) is 2.95. The zero-order valence-electron chi connectivity index (χ0n) is 11.5. The van der Waals surface area contributed by atoms with Crippen LogP contribution in [0.3, 0.4) is 0 Å². The molecule has 2 saturated carbocycles. The van der Waals surface area contributed by atoms with Gasteiger partial charge >= 0.3 is 0 Å². The summed E-state index contributed by atoms with van der Waals surface area (Å²) in [4.78, 5) is 14.8. The Labute approximate surface area is 110 Å². The van der Waals surface area contributed by atoms with E-state index in [-0.39, 0.29) is 6.04 Å². The van der Waals surface area contributed by atoms with Crippen molar-refractivity contribution in [1.29, 1.82) is 0 Å². The van der Waals surface area contributed by atoms with Crippen LogP contribution in [0.2, 0.25) is 0 Å². The van der Waals surface area contributed by atoms with Crippen molar-refractivity contribution < 1.29 is 4.79 Å². The van der Waals surface area contributed by atoms with Gasteiger partial charge < -0.3 is 4.90 Å². The maximum Gasteiger partial charge on any atom is 0.241 e. The predicted molar refractivity (Wildman–Crippen MR) is 72.1 cm³/mol. The Bertz CT molecular complexity index is 308. The molecular weight excluding hydrogens is 224 g/mol. The third-order valence-electron chi connectivity index (χ3n) is 4.86. The smallest absolute Gasteiger partial charge is 0.241 e. The van der Waals surface area contributed by atoms with Gasteiger partial charge in [0.05, 0.1) is 12.2 Å². The minimum atomic E-state index is 0.121. The van der Waals surface area contributed by atoms with Gasteiger partial charge in [-0.1, -0.05) is 32.6 Å². The molecule has 0 aromatic heterocycles. The summed E-state index contributed by atoms with van der Waals surface area (Å²) >= 11 is 0. The molecule has 0 radical (unpaired) electrons. The van der Waals surface area contributed by atoms with Gasteiger partial charge in [0.2, 0.25) is 5.91 Å². The number of rotatable bonds is 5. The Morgan fingerprint density at radius 2 is 1.94 bits per heavy atom. The van der Waals surface area contributed by atoms with Gasteiger partial charge in [-0.3, -0.25) is 10.1 Å². The molecule has 2 atom stereocenters. The molecular formula is C15H26N2O. The Balaban J connectivity index is 1.69. The van der Waals surface area contributed by atoms with Gasteiger partial charge in [0, 0.05) is 6.04 Å². The molecule has 1 aliphatic heterocycles. The molecule has 1 amide bonds. The molecule has 3 fully saturated rings. The molecule has 0 bridgehead atoms. The fourth-order valence-corrected chi connectivity index (χ4v) is 3.69. The predicted octanol–water partition coefficient (Wildman–Crippen LogP) is 2.66. The van der Waals surface area contributed by atoms with Crippen LogP contribution in [0, 0.1) is 5.92 Å². The lowest BCUT2D eigenvalue weighted by Crippen LogP contribution is -2.43. The minimum absolute atomic E-state index is 0.121. The topological polar surface area (TPSA) is 32.3 Å². The van der Waals surface area contributed by atoms with E-state index in [1.807, 2.05) is 0 Å². The molecule has 1 saturated heterocycles. The standard InChI is InChI=1S/C15H26N2O/c1-2-3-8-13-15(18)17(12-9-10-12)14(16-13)11-6-4-5-7-11/h11-14,16H,2-10H2,1H3. The molecule has 3 rings (SSSR count). The number of hydrogen-bond acceptors (Lipinski definition) is 2. The summed E-state index contributed by atoms with van der Waals surface area (Å²) in [5, 5.41) is 3.67. The van der Waals surface area contributed by atoms with Crippen LogP contribution < -0.4 is 5.32 Å². The number of hydrogen-bond donors (Lipinski definition) is 1. The Kier molecular flexibility index (Phi) is 3.60. The van der Waals surface area contributed by atoms with Crippen molar-refractivity contribution in [2.24, 2.45) is 5.92 Å². The molecule has 0 spiro atoms. The van der Waals surface area contributed by atoms with Gasteiger partial charge in [-0.05, 0) is 38.0 Å². The van der Waals surface area contributed by atoms with Crippen LogP contribution in [0.15, 0.2) is 0 Å². The first-order valence-corrected chi connectivity index (χ1v) is 7.89. The number of amides is 1. The highest BCUT2D eigenvalue weighted by Crippen LogP contribution is 2.38. The van der Waals surface area contributed by atoms with E-state index in [1.54, 1.807) is 0 Å². The molecule has 2 aliphatic carbocycles. The van der Waals surface area contributed by atoms with Crippen molar-refractivity contribution >= 4 is 5.91 Å². The highest BCUT2D eigenvalue weighted by molar-refractivity contribution is 5.85. The summed E-state index contributed by atoms with van der Waals surface area (Å²) in [5.74, 6) is 1.13. The third-order valence-corrected chi connectivity index (χ3v) is 4.86. The van der Waals surface area contributed by atoms with Crippen LogP contribution in [0.1, 0.15) is 64.7 Å². The number of unbranched alkanes of at least 4 members (excludes halogenated alkanes) is 1. The molecule has 0 aromatic carbocycles. The van der Waals surface area contributed by atoms with Crippen molar-refractivity contribution in [3.05, 3.63) is 0 Å². The van der Waals surface area contributed by atoms with Crippen LogP contribution >= 0.6 is 0 Å². The average molecular weight is 250 g/mol. The fraction of sp³-hybridized carbons (Fsp3) is 0.933. The van der Waals surface area contributed by atoms with Gasteiger partial charge in [0.1, 0.15) is 0 Å². The summed E-state index contributed by atoms with van der Waals surface area (Å²) in [7, 11) is 0. The first-order valence-electron chi connectivity index (χ1n) is 7.89. The zero-order chi connectivity index (χ0) is 12.5. The summed E-state index contributed by atoms with van der Waals surface area (Å²) in [6.07, 6.45) is 11.6. The lowest BCUT2D eigenvalue weighted by molar-refractivity contribution is -0.131. The summed E-state index contributed by atoms with van der Waals surface area (Å²) in [6, 6.07) is 0.693. The minimum Gasteiger partial charge on any atom is -0.323 e. The van der Waals surface area contributed by atoms with Gasteiger partial charge in [-0.25, -0.2) is 0 Å². The van der Waals surface area contributed by atoms with E-state index < -0.39 is 0 Å². The number of carbonyl (C=O) groups excluding carboxylic acids is 1. The van der Waals surface area contributed by atoms with Crippen molar-refractivity contribution in [3.63, 3.8) is 0 Å². The van der Waals surface area contributed by atoms with E-state index in [9.17, 15) is 4.79 Å². The largest absolute Gasteiger partial charge is 0.323 e. The first kappa shape index (κ1) is 12.5. The van der Waals surface area contributed by atoms with E-state index in [2.05, 4.69) is 17.1 Å². The lowest BCUT2D eigenvalue weighted by Gasteiger charge is -2.28. The highest BCUT2D eigenvalue weighted by Gasteiger charge is 2.48. The normalized spacial score (nSPS) is 33.6. The molecule has 18 heavy (non-hydrogen) atoms. The first-order chi connectivity index (χ1) is 8.81. The van der Waals surface area contributed by atoms with Crippen molar-refractivity contribution in [2.75, 3.05) is 0 Å². The lowest BCUT2D eigenvalue weighted by atomic mass is 10.0. The maximum atomic E-state index is 12.5. The van der Waals surface area contributed by atoms with Gasteiger partial charge in [0.25, 0.3) is 0 Å². The van der Waals surface area contributed by atoms with Crippen LogP contribution in [-0.4, -0.2) is 29.1 Å². The zero-order valence-corrected chi connectivity index (χ0v) is 11.5. The number of nitrogens with one attached hydrogen (secondary N) is 1. The van der Waals surface area contributed by atoms with Gasteiger partial charge in [-0.2, -0.15) is 0 Å². The van der Waals surface area contributed by atoms with E-state index >= 15 is 0 Å². The van der Waals surface area contributed by atoms with E-state index in [0.29, 0.717) is 18.1 Å². The monoisotopic (exact) mass is 250 g/mol. The van der Waals surface area contributed by atoms with Crippen LogP contribution in [0.5, 0.6) is 0 Å². The van der Waals surface area contributed by atoms with Crippen molar-refractivity contribution in [1.82, 2.24) is 10.2 Å². The second kappa shape index (κ2) is 5.20. The van der Waals surface area contributed by atoms with Gasteiger partial charge in [-0.15, -0.1) is 0 Å². The van der Waals surface area contributed by atoms with Gasteiger partial charge in [0.15, 0.2) is 0 Å². The van der Waals surface area contributed by atoms with Crippen LogP contribution in [0.4, 0.5) is 0 Å². The highest BCUT2D eigenvalue weighted by atomic mass is 16.2. The summed E-state index contributed by atoms with van der Waals surface area (Å²) < 4.78 is 0. The molecule has 1 heterocycles. The van der Waals surface area contributed by atoms with E-state index in [4.69, 9.17) is 0 Å². The van der Waals surface area contributed by atoms with Crippen LogP contribution in [-0.2, 0) is 4.79 Å². The van der Waals surface area contributed by atoms with Crippen LogP contribution in [0.25, 0.3) is 0 Å². The molecule has 3 aliphatic rings. The van der Waals surface area contributed by atoms with Crippen molar-refractivity contribution in [3.8, 4) is 0 Å². The maximum absolute atomic E-state index is 12.5. The molecule has 2 unspecified atom stereocenters. The van der Waals surface area contributed by atoms with Crippen molar-refractivity contribution in [2.45, 2.75) is 83.0 Å².